The van der Waals surface area contributed by atoms with Crippen LogP contribution in [0.2, 0.25) is 0 Å². The summed E-state index contributed by atoms with van der Waals surface area (Å²) in [5.74, 6) is 0. The molecule has 1 aromatic carbocycles. The first kappa shape index (κ1) is 14.4. The maximum atomic E-state index is 9.54. The van der Waals surface area contributed by atoms with E-state index < -0.39 is 0 Å². The number of para-hydroxylation sites is 1. The number of likely N-dealkylation sites (tertiary alicyclic amines) is 1. The number of benzene rings is 1. The summed E-state index contributed by atoms with van der Waals surface area (Å²) in [5, 5.41) is 9.54. The van der Waals surface area contributed by atoms with Crippen molar-refractivity contribution in [1.82, 2.24) is 4.90 Å². The highest BCUT2D eigenvalue weighted by atomic mass is 16.3. The normalized spacial score (nSPS) is 24.4. The van der Waals surface area contributed by atoms with Gasteiger partial charge in [-0.15, -0.1) is 0 Å². The number of piperidine rings is 1. The minimum Gasteiger partial charge on any atom is -0.396 e. The summed E-state index contributed by atoms with van der Waals surface area (Å²) in [4.78, 5) is 4.65. The lowest BCUT2D eigenvalue weighted by molar-refractivity contribution is 0.0430. The first-order valence-corrected chi connectivity index (χ1v) is 7.12. The average Bonchev–Trinajstić information content (AvgIpc) is 2.39. The van der Waals surface area contributed by atoms with Gasteiger partial charge in [-0.1, -0.05) is 25.1 Å². The van der Waals surface area contributed by atoms with Crippen molar-refractivity contribution in [2.75, 3.05) is 38.7 Å². The predicted octanol–water partition coefficient (Wildman–Crippen LogP) is 2.35. The van der Waals surface area contributed by atoms with Crippen LogP contribution < -0.4 is 4.90 Å². The van der Waals surface area contributed by atoms with Gasteiger partial charge in [0.2, 0.25) is 0 Å². The van der Waals surface area contributed by atoms with Crippen molar-refractivity contribution < 1.29 is 5.11 Å². The second-order valence-corrected chi connectivity index (χ2v) is 6.31. The number of anilines is 1. The first-order valence-electron chi connectivity index (χ1n) is 7.12. The predicted molar refractivity (Wildman–Crippen MR) is 80.5 cm³/mol. The Morgan fingerprint density at radius 1 is 1.32 bits per heavy atom. The Balaban J connectivity index is 2.09. The molecule has 1 fully saturated rings. The molecule has 0 radical (unpaired) electrons. The van der Waals surface area contributed by atoms with Crippen molar-refractivity contribution in [3.63, 3.8) is 0 Å². The van der Waals surface area contributed by atoms with E-state index in [9.17, 15) is 5.11 Å². The molecule has 0 aromatic heterocycles. The van der Waals surface area contributed by atoms with E-state index in [1.807, 2.05) is 0 Å². The molecule has 1 atom stereocenters. The minimum absolute atomic E-state index is 0.0747. The van der Waals surface area contributed by atoms with Crippen LogP contribution in [-0.2, 0) is 6.54 Å². The van der Waals surface area contributed by atoms with Gasteiger partial charge in [0.05, 0.1) is 0 Å². The maximum absolute atomic E-state index is 9.54. The minimum atomic E-state index is 0.0747. The topological polar surface area (TPSA) is 26.7 Å². The summed E-state index contributed by atoms with van der Waals surface area (Å²) in [7, 11) is 4.18. The molecule has 0 spiro atoms. The first-order chi connectivity index (χ1) is 9.04. The average molecular weight is 262 g/mol. The number of aliphatic hydroxyl groups is 1. The Labute approximate surface area is 116 Å². The summed E-state index contributed by atoms with van der Waals surface area (Å²) in [6.45, 7) is 5.59. The molecule has 1 heterocycles. The molecule has 1 aliphatic heterocycles. The van der Waals surface area contributed by atoms with Crippen molar-refractivity contribution in [1.29, 1.82) is 0 Å². The zero-order chi connectivity index (χ0) is 13.9. The van der Waals surface area contributed by atoms with Crippen LogP contribution in [0.15, 0.2) is 24.3 Å². The standard InChI is InChI=1S/C16H26N2O/c1-16(13-19)9-6-10-18(12-16)11-14-7-4-5-8-15(14)17(2)3/h4-5,7-8,19H,6,9-13H2,1-3H3. The summed E-state index contributed by atoms with van der Waals surface area (Å²) < 4.78 is 0. The molecule has 1 N–H and O–H groups in total. The molecule has 1 aromatic rings. The molecule has 1 saturated heterocycles. The molecule has 19 heavy (non-hydrogen) atoms. The van der Waals surface area contributed by atoms with Crippen molar-refractivity contribution >= 4 is 5.69 Å². The Morgan fingerprint density at radius 3 is 2.74 bits per heavy atom. The third-order valence-corrected chi connectivity index (χ3v) is 4.11. The second-order valence-electron chi connectivity index (χ2n) is 6.31. The lowest BCUT2D eigenvalue weighted by Gasteiger charge is -2.39. The van der Waals surface area contributed by atoms with E-state index in [2.05, 4.69) is 55.1 Å². The molecular weight excluding hydrogens is 236 g/mol. The fourth-order valence-electron chi connectivity index (χ4n) is 3.01. The van der Waals surface area contributed by atoms with Crippen molar-refractivity contribution in [2.45, 2.75) is 26.3 Å². The van der Waals surface area contributed by atoms with Crippen LogP contribution >= 0.6 is 0 Å². The molecule has 3 nitrogen and oxygen atoms in total. The number of nitrogens with zero attached hydrogens (tertiary/aromatic N) is 2. The van der Waals surface area contributed by atoms with Gasteiger partial charge in [-0.3, -0.25) is 4.90 Å². The van der Waals surface area contributed by atoms with E-state index in [0.717, 1.165) is 26.1 Å². The largest absolute Gasteiger partial charge is 0.396 e. The fraction of sp³-hybridized carbons (Fsp3) is 0.625. The molecule has 1 unspecified atom stereocenters. The molecule has 0 saturated carbocycles. The zero-order valence-corrected chi connectivity index (χ0v) is 12.4. The lowest BCUT2D eigenvalue weighted by Crippen LogP contribution is -2.43. The third-order valence-electron chi connectivity index (χ3n) is 4.11. The Hall–Kier alpha value is -1.06. The molecule has 106 valence electrons. The monoisotopic (exact) mass is 262 g/mol. The Kier molecular flexibility index (Phi) is 4.48. The van der Waals surface area contributed by atoms with Gasteiger partial charge < -0.3 is 10.0 Å². The van der Waals surface area contributed by atoms with E-state index in [1.165, 1.54) is 17.7 Å². The SMILES string of the molecule is CN(C)c1ccccc1CN1CCCC(C)(CO)C1. The summed E-state index contributed by atoms with van der Waals surface area (Å²) >= 11 is 0. The molecule has 2 rings (SSSR count). The highest BCUT2D eigenvalue weighted by Crippen LogP contribution is 2.30. The number of aliphatic hydroxyl groups excluding tert-OH is 1. The van der Waals surface area contributed by atoms with E-state index >= 15 is 0 Å². The van der Waals surface area contributed by atoms with Crippen LogP contribution in [0.5, 0.6) is 0 Å². The van der Waals surface area contributed by atoms with Crippen LogP contribution in [-0.4, -0.2) is 43.8 Å². The van der Waals surface area contributed by atoms with Crippen LogP contribution in [0.4, 0.5) is 5.69 Å². The van der Waals surface area contributed by atoms with E-state index in [4.69, 9.17) is 0 Å². The van der Waals surface area contributed by atoms with Gasteiger partial charge in [0.15, 0.2) is 0 Å². The summed E-state index contributed by atoms with van der Waals surface area (Å²) in [5.41, 5.74) is 2.74. The van der Waals surface area contributed by atoms with Gasteiger partial charge in [-0.2, -0.15) is 0 Å². The summed E-state index contributed by atoms with van der Waals surface area (Å²) in [6, 6.07) is 8.58. The third kappa shape index (κ3) is 3.48. The fourth-order valence-corrected chi connectivity index (χ4v) is 3.01. The molecule has 1 aliphatic rings. The molecular formula is C16H26N2O. The molecule has 0 amide bonds. The lowest BCUT2D eigenvalue weighted by atomic mass is 9.82. The van der Waals surface area contributed by atoms with Gasteiger partial charge in [0, 0.05) is 44.9 Å². The van der Waals surface area contributed by atoms with Crippen molar-refractivity contribution in [2.24, 2.45) is 5.41 Å². The summed E-state index contributed by atoms with van der Waals surface area (Å²) in [6.07, 6.45) is 2.32. The molecule has 0 bridgehead atoms. The number of hydrogen-bond donors (Lipinski definition) is 1. The van der Waals surface area contributed by atoms with Gasteiger partial charge in [0.1, 0.15) is 0 Å². The van der Waals surface area contributed by atoms with Gasteiger partial charge in [-0.25, -0.2) is 0 Å². The number of hydrogen-bond acceptors (Lipinski definition) is 3. The molecule has 0 aliphatic carbocycles. The van der Waals surface area contributed by atoms with Crippen molar-refractivity contribution in [3.05, 3.63) is 29.8 Å². The van der Waals surface area contributed by atoms with Crippen LogP contribution in [0.3, 0.4) is 0 Å². The van der Waals surface area contributed by atoms with Gasteiger partial charge in [-0.05, 0) is 31.0 Å². The Morgan fingerprint density at radius 2 is 2.05 bits per heavy atom. The van der Waals surface area contributed by atoms with E-state index in [-0.39, 0.29) is 5.41 Å². The number of rotatable bonds is 4. The maximum Gasteiger partial charge on any atom is 0.0497 e. The molecule has 3 heteroatoms. The quantitative estimate of drug-likeness (QED) is 0.902. The second kappa shape index (κ2) is 5.93. The smallest absolute Gasteiger partial charge is 0.0497 e. The van der Waals surface area contributed by atoms with E-state index in [1.54, 1.807) is 0 Å². The van der Waals surface area contributed by atoms with Crippen LogP contribution in [0, 0.1) is 5.41 Å². The zero-order valence-electron chi connectivity index (χ0n) is 12.4. The van der Waals surface area contributed by atoms with Crippen LogP contribution in [0.25, 0.3) is 0 Å². The van der Waals surface area contributed by atoms with Gasteiger partial charge >= 0.3 is 0 Å². The van der Waals surface area contributed by atoms with Gasteiger partial charge in [0.25, 0.3) is 0 Å². The Bertz CT molecular complexity index is 419. The van der Waals surface area contributed by atoms with E-state index in [0.29, 0.717) is 6.61 Å². The van der Waals surface area contributed by atoms with Crippen molar-refractivity contribution in [3.8, 4) is 0 Å². The highest BCUT2D eigenvalue weighted by molar-refractivity contribution is 5.52. The highest BCUT2D eigenvalue weighted by Gasteiger charge is 2.30. The van der Waals surface area contributed by atoms with Crippen LogP contribution in [0.1, 0.15) is 25.3 Å².